The molecule has 3 nitrogen and oxygen atoms in total. The summed E-state index contributed by atoms with van der Waals surface area (Å²) >= 11 is 0. The summed E-state index contributed by atoms with van der Waals surface area (Å²) in [6.07, 6.45) is 11.7. The molecule has 1 saturated heterocycles. The molecule has 1 heterocycles. The molecule has 1 fully saturated rings. The highest BCUT2D eigenvalue weighted by molar-refractivity contribution is 4.81. The minimum atomic E-state index is 0.0483. The van der Waals surface area contributed by atoms with Gasteiger partial charge < -0.3 is 14.6 Å². The second kappa shape index (κ2) is 9.82. The fourth-order valence-corrected chi connectivity index (χ4v) is 1.70. The maximum Gasteiger partial charge on any atom is 0.157 e. The van der Waals surface area contributed by atoms with Gasteiger partial charge in [0.15, 0.2) is 6.29 Å². The monoisotopic (exact) mass is 228 g/mol. The van der Waals surface area contributed by atoms with Gasteiger partial charge in [0.05, 0.1) is 6.61 Å². The Hall–Kier alpha value is -0.380. The largest absolute Gasteiger partial charge is 0.396 e. The van der Waals surface area contributed by atoms with Crippen LogP contribution in [0, 0.1) is 0 Å². The Morgan fingerprint density at radius 1 is 1.19 bits per heavy atom. The Morgan fingerprint density at radius 2 is 2.00 bits per heavy atom. The maximum atomic E-state index is 8.58. The number of unbranched alkanes of at least 4 members (excludes halogenated alkanes) is 2. The van der Waals surface area contributed by atoms with Gasteiger partial charge >= 0.3 is 0 Å². The minimum Gasteiger partial charge on any atom is -0.396 e. The predicted octanol–water partition coefficient (Wildman–Crippen LogP) is 2.64. The molecule has 0 aromatic rings. The normalized spacial score (nSPS) is 21.7. The third-order valence-corrected chi connectivity index (χ3v) is 2.65. The number of allylic oxidation sites excluding steroid dienone is 2. The SMILES string of the molecule is OCCCC=CCCCOC1CCCCO1. The minimum absolute atomic E-state index is 0.0483. The van der Waals surface area contributed by atoms with Gasteiger partial charge in [-0.2, -0.15) is 0 Å². The average molecular weight is 228 g/mol. The molecule has 1 aliphatic rings. The van der Waals surface area contributed by atoms with Gasteiger partial charge in [0.2, 0.25) is 0 Å². The lowest BCUT2D eigenvalue weighted by Crippen LogP contribution is -2.22. The topological polar surface area (TPSA) is 38.7 Å². The Bertz CT molecular complexity index is 174. The third kappa shape index (κ3) is 6.99. The zero-order chi connectivity index (χ0) is 11.5. The molecule has 1 unspecified atom stereocenters. The van der Waals surface area contributed by atoms with Crippen molar-refractivity contribution in [2.45, 2.75) is 51.2 Å². The first-order valence-corrected chi connectivity index (χ1v) is 6.42. The van der Waals surface area contributed by atoms with Crippen molar-refractivity contribution in [3.05, 3.63) is 12.2 Å². The second-order valence-electron chi connectivity index (χ2n) is 4.15. The molecule has 0 aromatic heterocycles. The Labute approximate surface area is 98.4 Å². The van der Waals surface area contributed by atoms with Crippen LogP contribution in [0.15, 0.2) is 12.2 Å². The van der Waals surface area contributed by atoms with Gasteiger partial charge in [-0.25, -0.2) is 0 Å². The van der Waals surface area contributed by atoms with E-state index in [0.717, 1.165) is 45.3 Å². The summed E-state index contributed by atoms with van der Waals surface area (Å²) in [5.74, 6) is 0. The zero-order valence-corrected chi connectivity index (χ0v) is 10.1. The van der Waals surface area contributed by atoms with Gasteiger partial charge in [0.1, 0.15) is 0 Å². The standard InChI is InChI=1S/C13H24O3/c14-10-6-3-1-2-4-7-11-15-13-9-5-8-12-16-13/h1-2,13-14H,3-12H2. The summed E-state index contributed by atoms with van der Waals surface area (Å²) < 4.78 is 11.1. The molecule has 1 N–H and O–H groups in total. The van der Waals surface area contributed by atoms with Gasteiger partial charge in [0, 0.05) is 13.2 Å². The number of ether oxygens (including phenoxy) is 2. The maximum absolute atomic E-state index is 8.58. The number of hydrogen-bond acceptors (Lipinski definition) is 3. The molecular formula is C13H24O3. The molecule has 0 spiro atoms. The smallest absolute Gasteiger partial charge is 0.157 e. The van der Waals surface area contributed by atoms with Gasteiger partial charge in [-0.3, -0.25) is 0 Å². The molecule has 0 amide bonds. The van der Waals surface area contributed by atoms with E-state index in [0.29, 0.717) is 0 Å². The van der Waals surface area contributed by atoms with Gasteiger partial charge in [-0.15, -0.1) is 0 Å². The highest BCUT2D eigenvalue weighted by Crippen LogP contribution is 2.13. The molecule has 94 valence electrons. The van der Waals surface area contributed by atoms with Crippen molar-refractivity contribution in [1.29, 1.82) is 0 Å². The van der Waals surface area contributed by atoms with E-state index < -0.39 is 0 Å². The van der Waals surface area contributed by atoms with Crippen LogP contribution < -0.4 is 0 Å². The fourth-order valence-electron chi connectivity index (χ4n) is 1.70. The summed E-state index contributed by atoms with van der Waals surface area (Å²) in [6, 6.07) is 0. The summed E-state index contributed by atoms with van der Waals surface area (Å²) in [7, 11) is 0. The van der Waals surface area contributed by atoms with Crippen LogP contribution in [-0.4, -0.2) is 31.2 Å². The van der Waals surface area contributed by atoms with Gasteiger partial charge in [0.25, 0.3) is 0 Å². The first-order valence-electron chi connectivity index (χ1n) is 6.42. The van der Waals surface area contributed by atoms with Crippen LogP contribution in [-0.2, 0) is 9.47 Å². The van der Waals surface area contributed by atoms with Crippen LogP contribution in [0.5, 0.6) is 0 Å². The number of aliphatic hydroxyl groups excluding tert-OH is 1. The Kier molecular flexibility index (Phi) is 8.40. The number of rotatable bonds is 8. The van der Waals surface area contributed by atoms with E-state index >= 15 is 0 Å². The van der Waals surface area contributed by atoms with E-state index in [1.807, 2.05) is 0 Å². The number of hydrogen-bond donors (Lipinski definition) is 1. The van der Waals surface area contributed by atoms with E-state index in [2.05, 4.69) is 12.2 Å². The predicted molar refractivity (Wildman–Crippen MR) is 64.2 cm³/mol. The van der Waals surface area contributed by atoms with Crippen LogP contribution in [0.1, 0.15) is 44.9 Å². The van der Waals surface area contributed by atoms with Crippen molar-refractivity contribution in [2.24, 2.45) is 0 Å². The zero-order valence-electron chi connectivity index (χ0n) is 10.1. The quantitative estimate of drug-likeness (QED) is 0.512. The molecule has 0 aliphatic carbocycles. The van der Waals surface area contributed by atoms with Crippen LogP contribution in [0.2, 0.25) is 0 Å². The van der Waals surface area contributed by atoms with E-state index in [4.69, 9.17) is 14.6 Å². The summed E-state index contributed by atoms with van der Waals surface area (Å²) in [5, 5.41) is 8.58. The van der Waals surface area contributed by atoms with Crippen molar-refractivity contribution < 1.29 is 14.6 Å². The van der Waals surface area contributed by atoms with Crippen molar-refractivity contribution in [1.82, 2.24) is 0 Å². The highest BCUT2D eigenvalue weighted by Gasteiger charge is 2.12. The molecule has 0 radical (unpaired) electrons. The van der Waals surface area contributed by atoms with E-state index in [9.17, 15) is 0 Å². The first-order chi connectivity index (χ1) is 7.93. The first kappa shape index (κ1) is 13.7. The van der Waals surface area contributed by atoms with E-state index in [-0.39, 0.29) is 12.9 Å². The van der Waals surface area contributed by atoms with Crippen LogP contribution >= 0.6 is 0 Å². The summed E-state index contributed by atoms with van der Waals surface area (Å²) in [6.45, 7) is 1.92. The number of aliphatic hydroxyl groups is 1. The Balaban J connectivity index is 1.85. The summed E-state index contributed by atoms with van der Waals surface area (Å²) in [5.41, 5.74) is 0. The van der Waals surface area contributed by atoms with Crippen molar-refractivity contribution >= 4 is 0 Å². The molecule has 1 rings (SSSR count). The van der Waals surface area contributed by atoms with Crippen molar-refractivity contribution in [3.63, 3.8) is 0 Å². The van der Waals surface area contributed by atoms with Crippen molar-refractivity contribution in [3.8, 4) is 0 Å². The molecule has 16 heavy (non-hydrogen) atoms. The summed E-state index contributed by atoms with van der Waals surface area (Å²) in [4.78, 5) is 0. The lowest BCUT2D eigenvalue weighted by molar-refractivity contribution is -0.162. The Morgan fingerprint density at radius 3 is 2.69 bits per heavy atom. The molecule has 1 aliphatic heterocycles. The fraction of sp³-hybridized carbons (Fsp3) is 0.846. The second-order valence-corrected chi connectivity index (χ2v) is 4.15. The van der Waals surface area contributed by atoms with E-state index in [1.54, 1.807) is 0 Å². The molecule has 0 aromatic carbocycles. The molecular weight excluding hydrogens is 204 g/mol. The van der Waals surface area contributed by atoms with Crippen LogP contribution in [0.3, 0.4) is 0 Å². The lowest BCUT2D eigenvalue weighted by atomic mass is 10.2. The molecule has 3 heteroatoms. The van der Waals surface area contributed by atoms with Crippen LogP contribution in [0.25, 0.3) is 0 Å². The molecule has 0 saturated carbocycles. The highest BCUT2D eigenvalue weighted by atomic mass is 16.7. The van der Waals surface area contributed by atoms with E-state index in [1.165, 1.54) is 12.8 Å². The molecule has 1 atom stereocenters. The van der Waals surface area contributed by atoms with Crippen LogP contribution in [0.4, 0.5) is 0 Å². The third-order valence-electron chi connectivity index (χ3n) is 2.65. The van der Waals surface area contributed by atoms with Crippen molar-refractivity contribution in [2.75, 3.05) is 19.8 Å². The average Bonchev–Trinajstić information content (AvgIpc) is 2.34. The van der Waals surface area contributed by atoms with Gasteiger partial charge in [-0.1, -0.05) is 12.2 Å². The molecule has 0 bridgehead atoms. The van der Waals surface area contributed by atoms with Gasteiger partial charge in [-0.05, 0) is 44.9 Å². The lowest BCUT2D eigenvalue weighted by Gasteiger charge is -2.22.